The van der Waals surface area contributed by atoms with Crippen LogP contribution in [0.4, 0.5) is 0 Å². The third-order valence-corrected chi connectivity index (χ3v) is 3.77. The van der Waals surface area contributed by atoms with E-state index >= 15 is 0 Å². The molecule has 3 heteroatoms. The molecule has 2 aromatic rings. The summed E-state index contributed by atoms with van der Waals surface area (Å²) in [7, 11) is 0. The van der Waals surface area contributed by atoms with E-state index in [9.17, 15) is 4.79 Å². The van der Waals surface area contributed by atoms with Crippen LogP contribution in [0.3, 0.4) is 0 Å². The second-order valence-corrected chi connectivity index (χ2v) is 5.23. The monoisotopic (exact) mass is 267 g/mol. The van der Waals surface area contributed by atoms with Crippen LogP contribution >= 0.6 is 11.8 Å². The zero-order chi connectivity index (χ0) is 13.7. The highest BCUT2D eigenvalue weighted by Gasteiger charge is 2.02. The Kier molecular flexibility index (Phi) is 4.38. The lowest BCUT2D eigenvalue weighted by Gasteiger charge is -2.04. The molecule has 0 aliphatic rings. The molecular formula is C16H13NOS. The quantitative estimate of drug-likeness (QED) is 0.619. The van der Waals surface area contributed by atoms with Gasteiger partial charge < -0.3 is 0 Å². The molecule has 19 heavy (non-hydrogen) atoms. The number of nitriles is 1. The summed E-state index contributed by atoms with van der Waals surface area (Å²) >= 11 is 1.66. The van der Waals surface area contributed by atoms with Crippen molar-refractivity contribution in [3.05, 3.63) is 65.2 Å². The standard InChI is InChI=1S/C16H13NOS/c1-12(18)15-6-3-7-16(9-15)19-11-14-5-2-4-13(8-14)10-17/h2-9H,11H2,1H3. The van der Waals surface area contributed by atoms with E-state index < -0.39 is 0 Å². The smallest absolute Gasteiger partial charge is 0.159 e. The molecule has 2 rings (SSSR count). The van der Waals surface area contributed by atoms with Crippen LogP contribution in [0.1, 0.15) is 28.4 Å². The molecule has 0 amide bonds. The van der Waals surface area contributed by atoms with Crippen molar-refractivity contribution in [2.24, 2.45) is 0 Å². The van der Waals surface area contributed by atoms with Crippen molar-refractivity contribution >= 4 is 17.5 Å². The predicted molar refractivity (Wildman–Crippen MR) is 77.2 cm³/mol. The highest BCUT2D eigenvalue weighted by molar-refractivity contribution is 7.98. The van der Waals surface area contributed by atoms with Gasteiger partial charge in [0.25, 0.3) is 0 Å². The second kappa shape index (κ2) is 6.21. The van der Waals surface area contributed by atoms with Gasteiger partial charge >= 0.3 is 0 Å². The Hall–Kier alpha value is -2.05. The minimum Gasteiger partial charge on any atom is -0.295 e. The molecule has 0 radical (unpaired) electrons. The maximum absolute atomic E-state index is 11.3. The molecule has 0 atom stereocenters. The molecule has 0 heterocycles. The van der Waals surface area contributed by atoms with E-state index in [4.69, 9.17) is 5.26 Å². The molecule has 2 nitrogen and oxygen atoms in total. The Labute approximate surface area is 117 Å². The fraction of sp³-hybridized carbons (Fsp3) is 0.125. The Morgan fingerprint density at radius 2 is 2.00 bits per heavy atom. The normalized spacial score (nSPS) is 9.89. The van der Waals surface area contributed by atoms with Crippen molar-refractivity contribution in [2.45, 2.75) is 17.6 Å². The van der Waals surface area contributed by atoms with Gasteiger partial charge in [-0.2, -0.15) is 5.26 Å². The maximum Gasteiger partial charge on any atom is 0.159 e. The third-order valence-electron chi connectivity index (χ3n) is 2.70. The van der Waals surface area contributed by atoms with E-state index in [-0.39, 0.29) is 5.78 Å². The second-order valence-electron chi connectivity index (χ2n) is 4.18. The molecule has 0 unspecified atom stereocenters. The van der Waals surface area contributed by atoms with Crippen LogP contribution in [0.15, 0.2) is 53.4 Å². The molecule has 0 spiro atoms. The Morgan fingerprint density at radius 3 is 2.74 bits per heavy atom. The maximum atomic E-state index is 11.3. The van der Waals surface area contributed by atoms with E-state index in [1.807, 2.05) is 42.5 Å². The SMILES string of the molecule is CC(=O)c1cccc(SCc2cccc(C#N)c2)c1. The van der Waals surface area contributed by atoms with Gasteiger partial charge in [0.1, 0.15) is 0 Å². The summed E-state index contributed by atoms with van der Waals surface area (Å²) in [6.45, 7) is 1.57. The van der Waals surface area contributed by atoms with E-state index in [2.05, 4.69) is 6.07 Å². The fourth-order valence-corrected chi connectivity index (χ4v) is 2.60. The number of carbonyl (C=O) groups excluding carboxylic acids is 1. The van der Waals surface area contributed by atoms with E-state index in [0.29, 0.717) is 5.56 Å². The fourth-order valence-electron chi connectivity index (χ4n) is 1.70. The number of thioether (sulfide) groups is 1. The van der Waals surface area contributed by atoms with Crippen LogP contribution in [0, 0.1) is 11.3 Å². The summed E-state index contributed by atoms with van der Waals surface area (Å²) in [5.41, 5.74) is 2.52. The lowest BCUT2D eigenvalue weighted by Crippen LogP contribution is -1.91. The third kappa shape index (κ3) is 3.70. The number of Topliss-reactive ketones (excluding diaryl/α,β-unsaturated/α-hetero) is 1. The van der Waals surface area contributed by atoms with E-state index in [1.54, 1.807) is 24.8 Å². The van der Waals surface area contributed by atoms with Crippen molar-refractivity contribution in [2.75, 3.05) is 0 Å². The average Bonchev–Trinajstić information content (AvgIpc) is 2.45. The molecule has 0 aliphatic heterocycles. The van der Waals surface area contributed by atoms with Gasteiger partial charge in [-0.25, -0.2) is 0 Å². The Morgan fingerprint density at radius 1 is 1.21 bits per heavy atom. The number of hydrogen-bond donors (Lipinski definition) is 0. The van der Waals surface area contributed by atoms with Gasteiger partial charge in [0, 0.05) is 16.2 Å². The van der Waals surface area contributed by atoms with Gasteiger partial charge in [0.15, 0.2) is 5.78 Å². The zero-order valence-electron chi connectivity index (χ0n) is 10.6. The van der Waals surface area contributed by atoms with E-state index in [1.165, 1.54) is 0 Å². The highest BCUT2D eigenvalue weighted by Crippen LogP contribution is 2.24. The van der Waals surface area contributed by atoms with Crippen molar-refractivity contribution < 1.29 is 4.79 Å². The van der Waals surface area contributed by atoms with Crippen molar-refractivity contribution in [1.29, 1.82) is 5.26 Å². The number of rotatable bonds is 4. The predicted octanol–water partition coefficient (Wildman–Crippen LogP) is 4.05. The van der Waals surface area contributed by atoms with Crippen LogP contribution in [-0.2, 0) is 5.75 Å². The first-order valence-corrected chi connectivity index (χ1v) is 6.90. The van der Waals surface area contributed by atoms with Crippen molar-refractivity contribution in [1.82, 2.24) is 0 Å². The van der Waals surface area contributed by atoms with E-state index in [0.717, 1.165) is 21.8 Å². The largest absolute Gasteiger partial charge is 0.295 e. The Bertz CT molecular complexity index is 643. The first-order valence-electron chi connectivity index (χ1n) is 5.92. The van der Waals surface area contributed by atoms with Crippen LogP contribution in [-0.4, -0.2) is 5.78 Å². The molecule has 2 aromatic carbocycles. The summed E-state index contributed by atoms with van der Waals surface area (Å²) in [6.07, 6.45) is 0. The van der Waals surface area contributed by atoms with Crippen molar-refractivity contribution in [3.63, 3.8) is 0 Å². The first-order chi connectivity index (χ1) is 9.19. The summed E-state index contributed by atoms with van der Waals surface area (Å²) < 4.78 is 0. The lowest BCUT2D eigenvalue weighted by molar-refractivity contribution is 0.101. The summed E-state index contributed by atoms with van der Waals surface area (Å²) in [4.78, 5) is 12.4. The zero-order valence-corrected chi connectivity index (χ0v) is 11.4. The number of ketones is 1. The first kappa shape index (κ1) is 13.4. The summed E-state index contributed by atoms with van der Waals surface area (Å²) in [6, 6.07) is 17.3. The van der Waals surface area contributed by atoms with Crippen LogP contribution in [0.5, 0.6) is 0 Å². The molecule has 0 saturated heterocycles. The average molecular weight is 267 g/mol. The Balaban J connectivity index is 2.08. The van der Waals surface area contributed by atoms with Crippen LogP contribution < -0.4 is 0 Å². The van der Waals surface area contributed by atoms with Gasteiger partial charge in [-0.1, -0.05) is 24.3 Å². The number of benzene rings is 2. The molecule has 0 aromatic heterocycles. The van der Waals surface area contributed by atoms with Gasteiger partial charge in [0.2, 0.25) is 0 Å². The van der Waals surface area contributed by atoms with Crippen molar-refractivity contribution in [3.8, 4) is 6.07 Å². The summed E-state index contributed by atoms with van der Waals surface area (Å²) in [5, 5.41) is 8.85. The molecule has 0 aliphatic carbocycles. The van der Waals surface area contributed by atoms with Gasteiger partial charge in [-0.3, -0.25) is 4.79 Å². The van der Waals surface area contributed by atoms with Crippen LogP contribution in [0.2, 0.25) is 0 Å². The molecule has 0 saturated carbocycles. The van der Waals surface area contributed by atoms with Gasteiger partial charge in [-0.05, 0) is 36.8 Å². The molecule has 94 valence electrons. The summed E-state index contributed by atoms with van der Waals surface area (Å²) in [5.74, 6) is 0.866. The van der Waals surface area contributed by atoms with Gasteiger partial charge in [0.05, 0.1) is 11.6 Å². The number of carbonyl (C=O) groups is 1. The molecule has 0 bridgehead atoms. The lowest BCUT2D eigenvalue weighted by atomic mass is 10.1. The highest BCUT2D eigenvalue weighted by atomic mass is 32.2. The van der Waals surface area contributed by atoms with Crippen LogP contribution in [0.25, 0.3) is 0 Å². The topological polar surface area (TPSA) is 40.9 Å². The molecule has 0 fully saturated rings. The minimum absolute atomic E-state index is 0.0777. The van der Waals surface area contributed by atoms with Gasteiger partial charge in [-0.15, -0.1) is 11.8 Å². The number of nitrogens with zero attached hydrogens (tertiary/aromatic N) is 1. The molecule has 0 N–H and O–H groups in total. The number of hydrogen-bond acceptors (Lipinski definition) is 3. The minimum atomic E-state index is 0.0777. The molecular weight excluding hydrogens is 254 g/mol.